The van der Waals surface area contributed by atoms with Crippen molar-refractivity contribution in [2.24, 2.45) is 0 Å². The van der Waals surface area contributed by atoms with Crippen LogP contribution in [0.4, 0.5) is 4.39 Å². The van der Waals surface area contributed by atoms with Crippen LogP contribution in [-0.2, 0) is 6.54 Å². The first-order valence-corrected chi connectivity index (χ1v) is 8.06. The van der Waals surface area contributed by atoms with Crippen LogP contribution in [0.3, 0.4) is 0 Å². The molecule has 0 aliphatic carbocycles. The molecule has 1 saturated heterocycles. The first-order valence-electron chi connectivity index (χ1n) is 7.01. The molecule has 4 heteroatoms. The van der Waals surface area contributed by atoms with Gasteiger partial charge in [-0.2, -0.15) is 0 Å². The predicted molar refractivity (Wildman–Crippen MR) is 85.0 cm³/mol. The number of methoxy groups -OCH3 is 1. The van der Waals surface area contributed by atoms with Gasteiger partial charge in [-0.25, -0.2) is 4.39 Å². The Kier molecular flexibility index (Phi) is 4.46. The van der Waals surface area contributed by atoms with Crippen LogP contribution in [0.15, 0.2) is 48.5 Å². The van der Waals surface area contributed by atoms with Crippen molar-refractivity contribution in [2.75, 3.05) is 19.4 Å². The van der Waals surface area contributed by atoms with Crippen LogP contribution in [0, 0.1) is 5.82 Å². The van der Waals surface area contributed by atoms with E-state index in [1.807, 2.05) is 24.3 Å². The molecule has 0 radical (unpaired) electrons. The highest BCUT2D eigenvalue weighted by atomic mass is 32.2. The minimum Gasteiger partial charge on any atom is -0.496 e. The lowest BCUT2D eigenvalue weighted by molar-refractivity contribution is 0.271. The van der Waals surface area contributed by atoms with Gasteiger partial charge in [0.25, 0.3) is 0 Å². The number of hydrogen-bond donors (Lipinski definition) is 0. The van der Waals surface area contributed by atoms with Crippen molar-refractivity contribution in [1.82, 2.24) is 4.90 Å². The van der Waals surface area contributed by atoms with E-state index in [0.717, 1.165) is 18.8 Å². The summed E-state index contributed by atoms with van der Waals surface area (Å²) >= 11 is 1.77. The number of rotatable bonds is 4. The van der Waals surface area contributed by atoms with Crippen molar-refractivity contribution in [3.8, 4) is 5.75 Å². The molecule has 2 nitrogen and oxygen atoms in total. The number of ether oxygens (including phenoxy) is 1. The van der Waals surface area contributed by atoms with Crippen LogP contribution in [-0.4, -0.2) is 24.3 Å². The van der Waals surface area contributed by atoms with E-state index < -0.39 is 0 Å². The average molecular weight is 303 g/mol. The zero-order valence-electron chi connectivity index (χ0n) is 12.0. The minimum absolute atomic E-state index is 0.0151. The molecular formula is C17H18FNOS. The van der Waals surface area contributed by atoms with E-state index in [1.165, 1.54) is 11.6 Å². The summed E-state index contributed by atoms with van der Waals surface area (Å²) in [7, 11) is 1.60. The quantitative estimate of drug-likeness (QED) is 0.844. The zero-order valence-corrected chi connectivity index (χ0v) is 12.8. The second-order valence-corrected chi connectivity index (χ2v) is 6.22. The van der Waals surface area contributed by atoms with Gasteiger partial charge in [0.15, 0.2) is 0 Å². The highest BCUT2D eigenvalue weighted by Crippen LogP contribution is 2.43. The SMILES string of the molecule is COc1cccc(F)c1C1SCCN1Cc1ccccc1. The van der Waals surface area contributed by atoms with E-state index in [0.29, 0.717) is 11.3 Å². The fourth-order valence-corrected chi connectivity index (χ4v) is 4.03. The van der Waals surface area contributed by atoms with Crippen molar-refractivity contribution < 1.29 is 9.13 Å². The Labute approximate surface area is 128 Å². The molecule has 0 aromatic heterocycles. The third kappa shape index (κ3) is 3.06. The fraction of sp³-hybridized carbons (Fsp3) is 0.294. The predicted octanol–water partition coefficient (Wildman–Crippen LogP) is 4.08. The van der Waals surface area contributed by atoms with Gasteiger partial charge < -0.3 is 4.74 Å². The first-order chi connectivity index (χ1) is 10.3. The molecule has 0 amide bonds. The fourth-order valence-electron chi connectivity index (χ4n) is 2.68. The van der Waals surface area contributed by atoms with E-state index in [9.17, 15) is 4.39 Å². The Morgan fingerprint density at radius 2 is 2.00 bits per heavy atom. The van der Waals surface area contributed by atoms with Gasteiger partial charge in [-0.15, -0.1) is 11.8 Å². The van der Waals surface area contributed by atoms with Crippen LogP contribution < -0.4 is 4.74 Å². The van der Waals surface area contributed by atoms with Gasteiger partial charge in [-0.3, -0.25) is 4.90 Å². The molecular weight excluding hydrogens is 285 g/mol. The van der Waals surface area contributed by atoms with Crippen molar-refractivity contribution in [1.29, 1.82) is 0 Å². The summed E-state index contributed by atoms with van der Waals surface area (Å²) in [6.45, 7) is 1.79. The maximum Gasteiger partial charge on any atom is 0.132 e. The second kappa shape index (κ2) is 6.50. The van der Waals surface area contributed by atoms with Gasteiger partial charge in [-0.1, -0.05) is 36.4 Å². The third-order valence-electron chi connectivity index (χ3n) is 3.69. The van der Waals surface area contributed by atoms with E-state index in [4.69, 9.17) is 4.74 Å². The van der Waals surface area contributed by atoms with E-state index in [-0.39, 0.29) is 11.2 Å². The molecule has 1 aliphatic rings. The standard InChI is InChI=1S/C17H18FNOS/c1-20-15-9-5-8-14(18)16(15)17-19(10-11-21-17)12-13-6-3-2-4-7-13/h2-9,17H,10-12H2,1H3. The van der Waals surface area contributed by atoms with Crippen molar-refractivity contribution in [2.45, 2.75) is 11.9 Å². The van der Waals surface area contributed by atoms with E-state index in [2.05, 4.69) is 17.0 Å². The van der Waals surface area contributed by atoms with Crippen LogP contribution in [0.25, 0.3) is 0 Å². The lowest BCUT2D eigenvalue weighted by Gasteiger charge is -2.25. The summed E-state index contributed by atoms with van der Waals surface area (Å²) in [4.78, 5) is 2.31. The van der Waals surface area contributed by atoms with Gasteiger partial charge in [0.1, 0.15) is 11.6 Å². The van der Waals surface area contributed by atoms with Crippen molar-refractivity contribution in [3.05, 3.63) is 65.5 Å². The van der Waals surface area contributed by atoms with Gasteiger partial charge in [0.05, 0.1) is 18.0 Å². The Bertz CT molecular complexity index is 605. The molecule has 0 N–H and O–H groups in total. The summed E-state index contributed by atoms with van der Waals surface area (Å²) in [5.74, 6) is 1.45. The molecule has 21 heavy (non-hydrogen) atoms. The Balaban J connectivity index is 1.88. The maximum atomic E-state index is 14.3. The summed E-state index contributed by atoms with van der Waals surface area (Å²) in [6, 6.07) is 15.3. The van der Waals surface area contributed by atoms with Crippen LogP contribution in [0.5, 0.6) is 5.75 Å². The monoisotopic (exact) mass is 303 g/mol. The molecule has 0 bridgehead atoms. The van der Waals surface area contributed by atoms with Crippen LogP contribution in [0.2, 0.25) is 0 Å². The molecule has 1 aliphatic heterocycles. The smallest absolute Gasteiger partial charge is 0.132 e. The molecule has 1 heterocycles. The van der Waals surface area contributed by atoms with Gasteiger partial charge in [0.2, 0.25) is 0 Å². The average Bonchev–Trinajstić information content (AvgIpc) is 2.95. The number of nitrogens with zero attached hydrogens (tertiary/aromatic N) is 1. The zero-order chi connectivity index (χ0) is 14.7. The number of hydrogen-bond acceptors (Lipinski definition) is 3. The number of thioether (sulfide) groups is 1. The largest absolute Gasteiger partial charge is 0.496 e. The Morgan fingerprint density at radius 3 is 2.76 bits per heavy atom. The normalized spacial score (nSPS) is 18.9. The molecule has 2 aromatic carbocycles. The summed E-state index contributed by atoms with van der Waals surface area (Å²) < 4.78 is 19.6. The molecule has 1 atom stereocenters. The highest BCUT2D eigenvalue weighted by molar-refractivity contribution is 7.99. The third-order valence-corrected chi connectivity index (χ3v) is 4.96. The van der Waals surface area contributed by atoms with Crippen LogP contribution in [0.1, 0.15) is 16.5 Å². The summed E-state index contributed by atoms with van der Waals surface area (Å²) in [6.07, 6.45) is 0. The topological polar surface area (TPSA) is 12.5 Å². The van der Waals surface area contributed by atoms with Crippen LogP contribution >= 0.6 is 11.8 Å². The van der Waals surface area contributed by atoms with E-state index >= 15 is 0 Å². The maximum absolute atomic E-state index is 14.3. The molecule has 2 aromatic rings. The number of benzene rings is 2. The summed E-state index contributed by atoms with van der Waals surface area (Å²) in [5, 5.41) is 0.0151. The molecule has 0 saturated carbocycles. The summed E-state index contributed by atoms with van der Waals surface area (Å²) in [5.41, 5.74) is 1.92. The van der Waals surface area contributed by atoms with Crippen molar-refractivity contribution in [3.63, 3.8) is 0 Å². The van der Waals surface area contributed by atoms with Crippen molar-refractivity contribution >= 4 is 11.8 Å². The second-order valence-electron chi connectivity index (χ2n) is 5.03. The van der Waals surface area contributed by atoms with Gasteiger partial charge in [0, 0.05) is 18.8 Å². The molecule has 110 valence electrons. The lowest BCUT2D eigenvalue weighted by Crippen LogP contribution is -2.23. The minimum atomic E-state index is -0.188. The Hall–Kier alpha value is -1.52. The Morgan fingerprint density at radius 1 is 1.19 bits per heavy atom. The highest BCUT2D eigenvalue weighted by Gasteiger charge is 2.31. The van der Waals surface area contributed by atoms with E-state index in [1.54, 1.807) is 24.9 Å². The molecule has 1 unspecified atom stereocenters. The first kappa shape index (κ1) is 14.4. The lowest BCUT2D eigenvalue weighted by atomic mass is 10.1. The molecule has 3 rings (SSSR count). The van der Waals surface area contributed by atoms with Gasteiger partial charge >= 0.3 is 0 Å². The molecule has 1 fully saturated rings. The number of halogens is 1. The van der Waals surface area contributed by atoms with Gasteiger partial charge in [-0.05, 0) is 17.7 Å². The molecule has 0 spiro atoms.